The van der Waals surface area contributed by atoms with Crippen LogP contribution in [0.5, 0.6) is 5.75 Å². The Morgan fingerprint density at radius 3 is 2.28 bits per heavy atom. The molecule has 2 rings (SSSR count). The molecule has 0 radical (unpaired) electrons. The number of carbonyl (C=O) groups excluding carboxylic acids is 2. The van der Waals surface area contributed by atoms with Crippen molar-refractivity contribution in [2.45, 2.75) is 20.0 Å². The highest BCUT2D eigenvalue weighted by Gasteiger charge is 2.27. The number of amides is 1. The summed E-state index contributed by atoms with van der Waals surface area (Å²) < 4.78 is 10.4. The van der Waals surface area contributed by atoms with Crippen molar-refractivity contribution >= 4 is 17.6 Å². The average molecular weight is 351 g/mol. The zero-order valence-electron chi connectivity index (χ0n) is 15.3. The van der Waals surface area contributed by atoms with Crippen molar-refractivity contribution in [2.24, 2.45) is 0 Å². The number of nitrogens with one attached hydrogen (secondary N) is 3. The van der Waals surface area contributed by atoms with E-state index in [4.69, 9.17) is 9.47 Å². The van der Waals surface area contributed by atoms with Crippen LogP contribution in [-0.2, 0) is 14.3 Å². The average Bonchev–Trinajstić information content (AvgIpc) is 2.56. The molecule has 0 aliphatic carbocycles. The number of piperazine rings is 1. The minimum atomic E-state index is -0.151. The van der Waals surface area contributed by atoms with E-state index in [1.807, 2.05) is 38.1 Å². The molecule has 0 spiro atoms. The van der Waals surface area contributed by atoms with Crippen LogP contribution >= 0.6 is 0 Å². The van der Waals surface area contributed by atoms with E-state index in [9.17, 15) is 9.59 Å². The van der Waals surface area contributed by atoms with Crippen molar-refractivity contribution in [3.8, 4) is 5.75 Å². The summed E-state index contributed by atoms with van der Waals surface area (Å²) in [4.78, 5) is 26.4. The third kappa shape index (κ3) is 6.36. The number of methoxy groups -OCH3 is 1. The fourth-order valence-electron chi connectivity index (χ4n) is 2.99. The Hall–Kier alpha value is -2.12. The lowest BCUT2D eigenvalue weighted by molar-refractivity contribution is -1.00. The second-order valence-corrected chi connectivity index (χ2v) is 6.64. The summed E-state index contributed by atoms with van der Waals surface area (Å²) in [5.74, 6) is 0.480. The highest BCUT2D eigenvalue weighted by atomic mass is 16.5. The van der Waals surface area contributed by atoms with Crippen LogP contribution in [0.4, 0.5) is 5.69 Å². The topological polar surface area (TPSA) is 73.5 Å². The van der Waals surface area contributed by atoms with Crippen molar-refractivity contribution in [3.63, 3.8) is 0 Å². The van der Waals surface area contributed by atoms with Crippen LogP contribution in [0.2, 0.25) is 0 Å². The third-order valence-corrected chi connectivity index (χ3v) is 4.22. The van der Waals surface area contributed by atoms with E-state index in [1.54, 1.807) is 7.11 Å². The number of esters is 1. The minimum Gasteiger partial charge on any atom is -0.495 e. The van der Waals surface area contributed by atoms with Crippen LogP contribution in [0.1, 0.15) is 13.8 Å². The highest BCUT2D eigenvalue weighted by Crippen LogP contribution is 2.22. The number of anilines is 1. The fraction of sp³-hybridized carbons (Fsp3) is 0.556. The molecule has 7 heteroatoms. The Kier molecular flexibility index (Phi) is 7.21. The number of rotatable bonds is 7. The van der Waals surface area contributed by atoms with Gasteiger partial charge in [-0.3, -0.25) is 4.79 Å². The van der Waals surface area contributed by atoms with Crippen molar-refractivity contribution in [3.05, 3.63) is 24.3 Å². The number of para-hydroxylation sites is 2. The number of carbonyl (C=O) groups is 2. The summed E-state index contributed by atoms with van der Waals surface area (Å²) in [5.41, 5.74) is 0.690. The number of benzene rings is 1. The lowest BCUT2D eigenvalue weighted by Crippen LogP contribution is -3.28. The first-order chi connectivity index (χ1) is 12.0. The van der Waals surface area contributed by atoms with Crippen molar-refractivity contribution < 1.29 is 28.9 Å². The van der Waals surface area contributed by atoms with E-state index >= 15 is 0 Å². The second kappa shape index (κ2) is 9.39. The summed E-state index contributed by atoms with van der Waals surface area (Å²) in [5, 5.41) is 2.91. The maximum atomic E-state index is 12.3. The summed E-state index contributed by atoms with van der Waals surface area (Å²) in [6.45, 7) is 7.99. The van der Waals surface area contributed by atoms with E-state index < -0.39 is 0 Å². The van der Waals surface area contributed by atoms with Gasteiger partial charge in [0.15, 0.2) is 13.1 Å². The summed E-state index contributed by atoms with van der Waals surface area (Å²) in [6.07, 6.45) is -0.0718. The summed E-state index contributed by atoms with van der Waals surface area (Å²) in [6, 6.07) is 7.38. The van der Waals surface area contributed by atoms with Crippen LogP contribution in [0.15, 0.2) is 24.3 Å². The lowest BCUT2D eigenvalue weighted by atomic mass is 10.2. The van der Waals surface area contributed by atoms with Gasteiger partial charge in [0.05, 0.1) is 18.9 Å². The van der Waals surface area contributed by atoms with Gasteiger partial charge < -0.3 is 24.6 Å². The van der Waals surface area contributed by atoms with Gasteiger partial charge in [-0.15, -0.1) is 0 Å². The first-order valence-corrected chi connectivity index (χ1v) is 8.77. The van der Waals surface area contributed by atoms with Crippen LogP contribution < -0.4 is 19.9 Å². The zero-order valence-corrected chi connectivity index (χ0v) is 15.3. The molecule has 1 amide bonds. The molecule has 1 aliphatic heterocycles. The van der Waals surface area contributed by atoms with E-state index in [0.29, 0.717) is 24.5 Å². The Morgan fingerprint density at radius 1 is 1.08 bits per heavy atom. The van der Waals surface area contributed by atoms with E-state index in [1.165, 1.54) is 9.80 Å². The molecule has 7 nitrogen and oxygen atoms in total. The normalized spacial score (nSPS) is 20.2. The second-order valence-electron chi connectivity index (χ2n) is 6.64. The van der Waals surface area contributed by atoms with Gasteiger partial charge in [0.1, 0.15) is 31.9 Å². The maximum absolute atomic E-state index is 12.3. The van der Waals surface area contributed by atoms with E-state index in [0.717, 1.165) is 26.2 Å². The largest absolute Gasteiger partial charge is 0.495 e. The number of hydrogen-bond donors (Lipinski definition) is 3. The molecule has 138 valence electrons. The van der Waals surface area contributed by atoms with Crippen LogP contribution in [0.3, 0.4) is 0 Å². The van der Waals surface area contributed by atoms with E-state index in [-0.39, 0.29) is 18.0 Å². The smallest absolute Gasteiger partial charge is 0.361 e. The molecule has 0 atom stereocenters. The van der Waals surface area contributed by atoms with Gasteiger partial charge >= 0.3 is 5.97 Å². The van der Waals surface area contributed by atoms with E-state index in [2.05, 4.69) is 5.32 Å². The number of quaternary nitrogens is 2. The molecule has 0 bridgehead atoms. The molecule has 0 saturated carbocycles. The maximum Gasteiger partial charge on any atom is 0.361 e. The Balaban J connectivity index is 1.74. The van der Waals surface area contributed by atoms with Crippen LogP contribution in [0, 0.1) is 0 Å². The predicted molar refractivity (Wildman–Crippen MR) is 94.0 cm³/mol. The SMILES string of the molecule is COc1ccccc1NC(=O)C[NH+]1CC[NH+](CC(=O)OC(C)C)CC1. The third-order valence-electron chi connectivity index (χ3n) is 4.22. The van der Waals surface area contributed by atoms with Gasteiger partial charge in [-0.25, -0.2) is 4.79 Å². The molecule has 1 aromatic rings. The molecule has 1 aromatic carbocycles. The van der Waals surface area contributed by atoms with Gasteiger partial charge in [-0.1, -0.05) is 12.1 Å². The van der Waals surface area contributed by atoms with Crippen molar-refractivity contribution in [1.29, 1.82) is 0 Å². The molecule has 1 fully saturated rings. The molecule has 1 heterocycles. The lowest BCUT2D eigenvalue weighted by Gasteiger charge is -2.28. The first-order valence-electron chi connectivity index (χ1n) is 8.77. The van der Waals surface area contributed by atoms with Crippen LogP contribution in [0.25, 0.3) is 0 Å². The monoisotopic (exact) mass is 351 g/mol. The van der Waals surface area contributed by atoms with Gasteiger partial charge in [0.25, 0.3) is 5.91 Å². The quantitative estimate of drug-likeness (QED) is 0.516. The predicted octanol–water partition coefficient (Wildman–Crippen LogP) is -1.63. The number of ether oxygens (including phenoxy) is 2. The molecule has 25 heavy (non-hydrogen) atoms. The van der Waals surface area contributed by atoms with Gasteiger partial charge in [0.2, 0.25) is 0 Å². The molecule has 1 aliphatic rings. The number of hydrogen-bond acceptors (Lipinski definition) is 4. The molecular formula is C18H29N3O4+2. The summed E-state index contributed by atoms with van der Waals surface area (Å²) in [7, 11) is 1.59. The standard InChI is InChI=1S/C18H27N3O4/c1-14(2)25-18(23)13-21-10-8-20(9-11-21)12-17(22)19-15-6-4-5-7-16(15)24-3/h4-7,14H,8-13H2,1-3H3,(H,19,22)/p+2. The van der Waals surface area contributed by atoms with Crippen LogP contribution in [-0.4, -0.2) is 64.4 Å². The molecular weight excluding hydrogens is 322 g/mol. The van der Waals surface area contributed by atoms with Gasteiger partial charge in [-0.05, 0) is 26.0 Å². The molecule has 0 aromatic heterocycles. The molecule has 1 saturated heterocycles. The first kappa shape index (κ1) is 19.2. The fourth-order valence-corrected chi connectivity index (χ4v) is 2.99. The van der Waals surface area contributed by atoms with Gasteiger partial charge in [-0.2, -0.15) is 0 Å². The molecule has 3 N–H and O–H groups in total. The highest BCUT2D eigenvalue weighted by molar-refractivity contribution is 5.92. The zero-order chi connectivity index (χ0) is 18.2. The Morgan fingerprint density at radius 2 is 1.68 bits per heavy atom. The van der Waals surface area contributed by atoms with Crippen molar-refractivity contribution in [2.75, 3.05) is 51.7 Å². The summed E-state index contributed by atoms with van der Waals surface area (Å²) >= 11 is 0. The Bertz CT molecular complexity index is 583. The van der Waals surface area contributed by atoms with Crippen molar-refractivity contribution in [1.82, 2.24) is 0 Å². The molecule has 0 unspecified atom stereocenters. The van der Waals surface area contributed by atoms with Gasteiger partial charge in [0, 0.05) is 0 Å². The Labute approximate surface area is 148 Å². The minimum absolute atomic E-state index is 0.0258.